The molecule has 1 fully saturated rings. The minimum absolute atomic E-state index is 0.0441. The van der Waals surface area contributed by atoms with Crippen molar-refractivity contribution in [1.29, 1.82) is 0 Å². The van der Waals surface area contributed by atoms with Crippen LogP contribution in [-0.2, 0) is 13.1 Å². The Balaban J connectivity index is 1.47. The number of halogens is 1. The van der Waals surface area contributed by atoms with Gasteiger partial charge in [-0.05, 0) is 78.4 Å². The van der Waals surface area contributed by atoms with Gasteiger partial charge in [-0.2, -0.15) is 0 Å². The second-order valence-corrected chi connectivity index (χ2v) is 9.47. The molecule has 6 rings (SSSR count). The van der Waals surface area contributed by atoms with Gasteiger partial charge in [0, 0.05) is 24.5 Å². The molecule has 2 atom stereocenters. The number of aromatic nitrogens is 2. The Morgan fingerprint density at radius 3 is 2.82 bits per heavy atom. The van der Waals surface area contributed by atoms with Crippen molar-refractivity contribution in [3.63, 3.8) is 0 Å². The molecule has 2 aliphatic heterocycles. The summed E-state index contributed by atoms with van der Waals surface area (Å²) in [5.41, 5.74) is 13.4. The first-order valence-corrected chi connectivity index (χ1v) is 12.0. The van der Waals surface area contributed by atoms with Crippen molar-refractivity contribution < 1.29 is 4.39 Å². The van der Waals surface area contributed by atoms with E-state index in [0.29, 0.717) is 6.04 Å². The van der Waals surface area contributed by atoms with Crippen LogP contribution in [0.15, 0.2) is 60.7 Å². The summed E-state index contributed by atoms with van der Waals surface area (Å²) in [7, 11) is 0. The largest absolute Gasteiger partial charge is 0.368 e. The number of anilines is 1. The highest BCUT2D eigenvalue weighted by Crippen LogP contribution is 2.36. The van der Waals surface area contributed by atoms with Crippen LogP contribution in [0.3, 0.4) is 0 Å². The number of nitrogen functional groups attached to an aromatic ring is 1. The van der Waals surface area contributed by atoms with Crippen LogP contribution in [0.25, 0.3) is 22.0 Å². The summed E-state index contributed by atoms with van der Waals surface area (Å²) >= 11 is 0. The lowest BCUT2D eigenvalue weighted by Crippen LogP contribution is -2.26. The molecule has 6 heteroatoms. The van der Waals surface area contributed by atoms with E-state index >= 15 is 0 Å². The second kappa shape index (κ2) is 8.46. The Labute approximate surface area is 198 Å². The van der Waals surface area contributed by atoms with Gasteiger partial charge in [-0.3, -0.25) is 4.90 Å². The Morgan fingerprint density at radius 1 is 1.09 bits per heavy atom. The van der Waals surface area contributed by atoms with Gasteiger partial charge >= 0.3 is 0 Å². The number of rotatable bonds is 4. The van der Waals surface area contributed by atoms with E-state index in [-0.39, 0.29) is 17.8 Å². The van der Waals surface area contributed by atoms with Gasteiger partial charge in [0.15, 0.2) is 0 Å². The van der Waals surface area contributed by atoms with E-state index in [1.165, 1.54) is 24.0 Å². The topological polar surface area (TPSA) is 67.1 Å². The average molecular weight is 454 g/mol. The maximum Gasteiger partial charge on any atom is 0.220 e. The molecule has 0 bridgehead atoms. The number of benzene rings is 3. The lowest BCUT2D eigenvalue weighted by molar-refractivity contribution is 0.260. The van der Waals surface area contributed by atoms with Crippen LogP contribution >= 0.6 is 0 Å². The summed E-state index contributed by atoms with van der Waals surface area (Å²) in [6, 6.07) is 20.2. The summed E-state index contributed by atoms with van der Waals surface area (Å²) in [5.74, 6) is 0.0712. The van der Waals surface area contributed by atoms with Crippen LogP contribution < -0.4 is 11.1 Å². The molecule has 3 aromatic carbocycles. The zero-order chi connectivity index (χ0) is 23.2. The zero-order valence-electron chi connectivity index (χ0n) is 19.3. The molecule has 2 unspecified atom stereocenters. The Bertz CT molecular complexity index is 1380. The van der Waals surface area contributed by atoms with Crippen LogP contribution in [0.1, 0.15) is 48.2 Å². The molecule has 0 saturated carbocycles. The zero-order valence-corrected chi connectivity index (χ0v) is 19.3. The Morgan fingerprint density at radius 2 is 1.97 bits per heavy atom. The van der Waals surface area contributed by atoms with E-state index in [4.69, 9.17) is 5.73 Å². The van der Waals surface area contributed by atoms with Crippen molar-refractivity contribution in [2.45, 2.75) is 44.9 Å². The first kappa shape index (κ1) is 21.2. The second-order valence-electron chi connectivity index (χ2n) is 9.47. The highest BCUT2D eigenvalue weighted by atomic mass is 19.1. The van der Waals surface area contributed by atoms with Gasteiger partial charge in [0.05, 0.1) is 17.3 Å². The molecule has 0 aliphatic carbocycles. The van der Waals surface area contributed by atoms with Gasteiger partial charge in [-0.25, -0.2) is 14.4 Å². The molecule has 0 spiro atoms. The molecule has 0 radical (unpaired) electrons. The highest BCUT2D eigenvalue weighted by Gasteiger charge is 2.27. The van der Waals surface area contributed by atoms with Gasteiger partial charge in [0.1, 0.15) is 5.82 Å². The van der Waals surface area contributed by atoms with Gasteiger partial charge < -0.3 is 11.1 Å². The normalized spacial score (nSPS) is 20.2. The predicted octanol–water partition coefficient (Wildman–Crippen LogP) is 5.20. The van der Waals surface area contributed by atoms with Crippen molar-refractivity contribution in [2.24, 2.45) is 0 Å². The van der Waals surface area contributed by atoms with Crippen molar-refractivity contribution in [3.8, 4) is 11.1 Å². The van der Waals surface area contributed by atoms with Gasteiger partial charge in [0.2, 0.25) is 5.95 Å². The van der Waals surface area contributed by atoms with Crippen LogP contribution in [0.2, 0.25) is 0 Å². The SMILES string of the molecule is CC1CCCN1Cc1cc(F)ccc1-c1ccc2nc(N)nc(C3NCc4ccccc43)c2c1. The van der Waals surface area contributed by atoms with Crippen LogP contribution in [-0.4, -0.2) is 27.5 Å². The fraction of sp³-hybridized carbons (Fsp3) is 0.286. The molecular weight excluding hydrogens is 425 g/mol. The van der Waals surface area contributed by atoms with Crippen LogP contribution in [0, 0.1) is 5.82 Å². The quantitative estimate of drug-likeness (QED) is 0.445. The molecule has 3 heterocycles. The first-order chi connectivity index (χ1) is 16.6. The highest BCUT2D eigenvalue weighted by molar-refractivity contribution is 5.88. The molecule has 1 aromatic heterocycles. The van der Waals surface area contributed by atoms with Gasteiger partial charge in [-0.1, -0.05) is 36.4 Å². The van der Waals surface area contributed by atoms with Crippen molar-refractivity contribution in [3.05, 3.63) is 88.9 Å². The summed E-state index contributed by atoms with van der Waals surface area (Å²) < 4.78 is 14.3. The number of likely N-dealkylation sites (tertiary alicyclic amines) is 1. The number of nitrogens with two attached hydrogens (primary N) is 1. The van der Waals surface area contributed by atoms with E-state index in [0.717, 1.165) is 52.9 Å². The molecule has 3 N–H and O–H groups in total. The Hall–Kier alpha value is -3.35. The summed E-state index contributed by atoms with van der Waals surface area (Å²) in [6.07, 6.45) is 2.39. The number of nitrogens with one attached hydrogen (secondary N) is 1. The van der Waals surface area contributed by atoms with Crippen LogP contribution in [0.4, 0.5) is 10.3 Å². The summed E-state index contributed by atoms with van der Waals surface area (Å²) in [5, 5.41) is 4.55. The fourth-order valence-electron chi connectivity index (χ4n) is 5.52. The van der Waals surface area contributed by atoms with Crippen LogP contribution in [0.5, 0.6) is 0 Å². The lowest BCUT2D eigenvalue weighted by atomic mass is 9.95. The Kier molecular flexibility index (Phi) is 5.27. The molecule has 5 nitrogen and oxygen atoms in total. The van der Waals surface area contributed by atoms with Crippen molar-refractivity contribution in [1.82, 2.24) is 20.2 Å². The predicted molar refractivity (Wildman–Crippen MR) is 134 cm³/mol. The van der Waals surface area contributed by atoms with E-state index in [1.54, 1.807) is 12.1 Å². The smallest absolute Gasteiger partial charge is 0.220 e. The maximum absolute atomic E-state index is 14.3. The number of hydrogen-bond acceptors (Lipinski definition) is 5. The van der Waals surface area contributed by atoms with Gasteiger partial charge in [0.25, 0.3) is 0 Å². The summed E-state index contributed by atoms with van der Waals surface area (Å²) in [6.45, 7) is 4.85. The van der Waals surface area contributed by atoms with Gasteiger partial charge in [-0.15, -0.1) is 0 Å². The third-order valence-corrected chi connectivity index (χ3v) is 7.32. The molecule has 172 valence electrons. The monoisotopic (exact) mass is 453 g/mol. The number of fused-ring (bicyclic) bond motifs is 2. The minimum atomic E-state index is -0.199. The number of hydrogen-bond donors (Lipinski definition) is 2. The third-order valence-electron chi connectivity index (χ3n) is 7.32. The maximum atomic E-state index is 14.3. The molecule has 34 heavy (non-hydrogen) atoms. The fourth-order valence-corrected chi connectivity index (χ4v) is 5.52. The minimum Gasteiger partial charge on any atom is -0.368 e. The van der Waals surface area contributed by atoms with E-state index < -0.39 is 0 Å². The summed E-state index contributed by atoms with van der Waals surface area (Å²) in [4.78, 5) is 11.6. The van der Waals surface area contributed by atoms with Crippen molar-refractivity contribution in [2.75, 3.05) is 12.3 Å². The average Bonchev–Trinajstić information content (AvgIpc) is 3.44. The molecule has 4 aromatic rings. The standard InChI is InChI=1S/C28H28FN5/c1-17-5-4-12-34(17)16-20-13-21(29)9-10-22(20)18-8-11-25-24(14-18)27(33-28(30)32-25)26-23-7-3-2-6-19(23)15-31-26/h2-3,6-11,13-14,17,26,31H,4-5,12,15-16H2,1H3,(H2,30,32,33). The molecule has 0 amide bonds. The van der Waals surface area contributed by atoms with E-state index in [2.05, 4.69) is 63.5 Å². The molecular formula is C28H28FN5. The van der Waals surface area contributed by atoms with Crippen molar-refractivity contribution >= 4 is 16.9 Å². The van der Waals surface area contributed by atoms with E-state index in [1.807, 2.05) is 12.1 Å². The number of nitrogens with zero attached hydrogens (tertiary/aromatic N) is 3. The molecule has 1 saturated heterocycles. The van der Waals surface area contributed by atoms with E-state index in [9.17, 15) is 4.39 Å². The molecule has 2 aliphatic rings. The lowest BCUT2D eigenvalue weighted by Gasteiger charge is -2.23. The first-order valence-electron chi connectivity index (χ1n) is 12.0. The third kappa shape index (κ3) is 3.73.